The molecule has 1 saturated heterocycles. The van der Waals surface area contributed by atoms with Crippen molar-refractivity contribution < 1.29 is 4.79 Å². The van der Waals surface area contributed by atoms with Crippen LogP contribution in [0.1, 0.15) is 6.42 Å². The van der Waals surface area contributed by atoms with Crippen LogP contribution in [0.15, 0.2) is 0 Å². The Morgan fingerprint density at radius 2 is 2.23 bits per heavy atom. The zero-order chi connectivity index (χ0) is 9.68. The van der Waals surface area contributed by atoms with Gasteiger partial charge >= 0.3 is 0 Å². The van der Waals surface area contributed by atoms with Gasteiger partial charge in [-0.05, 0) is 14.1 Å². The summed E-state index contributed by atoms with van der Waals surface area (Å²) >= 11 is 0. The summed E-state index contributed by atoms with van der Waals surface area (Å²) in [6.07, 6.45) is 0.646. The SMILES string of the molecule is CN(C)CCN1CCNC(=O)CC1. The second-order valence-corrected chi connectivity index (χ2v) is 3.74. The van der Waals surface area contributed by atoms with Gasteiger partial charge in [0.1, 0.15) is 0 Å². The van der Waals surface area contributed by atoms with Crippen LogP contribution in [0.3, 0.4) is 0 Å². The largest absolute Gasteiger partial charge is 0.355 e. The van der Waals surface area contributed by atoms with Gasteiger partial charge in [-0.3, -0.25) is 9.69 Å². The molecule has 4 nitrogen and oxygen atoms in total. The molecule has 0 aromatic carbocycles. The molecular formula is C9H19N3O. The lowest BCUT2D eigenvalue weighted by Crippen LogP contribution is -2.34. The number of nitrogens with one attached hydrogen (secondary N) is 1. The smallest absolute Gasteiger partial charge is 0.221 e. The van der Waals surface area contributed by atoms with Gasteiger partial charge in [0.05, 0.1) is 0 Å². The monoisotopic (exact) mass is 185 g/mol. The van der Waals surface area contributed by atoms with Crippen LogP contribution in [0, 0.1) is 0 Å². The molecule has 1 fully saturated rings. The molecule has 1 N–H and O–H groups in total. The van der Waals surface area contributed by atoms with Crippen molar-refractivity contribution in [2.45, 2.75) is 6.42 Å². The average molecular weight is 185 g/mol. The predicted octanol–water partition coefficient (Wildman–Crippen LogP) is -0.630. The molecule has 1 amide bonds. The van der Waals surface area contributed by atoms with Crippen LogP contribution in [-0.2, 0) is 4.79 Å². The molecule has 0 unspecified atom stereocenters. The minimum absolute atomic E-state index is 0.187. The molecule has 0 aliphatic carbocycles. The average Bonchev–Trinajstić information content (AvgIpc) is 2.27. The molecule has 1 aliphatic rings. The first-order valence-electron chi connectivity index (χ1n) is 4.82. The molecule has 13 heavy (non-hydrogen) atoms. The lowest BCUT2D eigenvalue weighted by Gasteiger charge is -2.20. The Kier molecular flexibility index (Phi) is 4.18. The fourth-order valence-electron chi connectivity index (χ4n) is 1.38. The van der Waals surface area contributed by atoms with E-state index in [1.165, 1.54) is 0 Å². The summed E-state index contributed by atoms with van der Waals surface area (Å²) in [5.74, 6) is 0.187. The van der Waals surface area contributed by atoms with E-state index in [1.54, 1.807) is 0 Å². The van der Waals surface area contributed by atoms with Crippen LogP contribution in [-0.4, -0.2) is 62.5 Å². The summed E-state index contributed by atoms with van der Waals surface area (Å²) in [4.78, 5) is 15.5. The van der Waals surface area contributed by atoms with Crippen LogP contribution in [0.25, 0.3) is 0 Å². The third-order valence-electron chi connectivity index (χ3n) is 2.27. The maximum Gasteiger partial charge on any atom is 0.221 e. The Morgan fingerprint density at radius 1 is 1.46 bits per heavy atom. The molecule has 0 atom stereocenters. The highest BCUT2D eigenvalue weighted by atomic mass is 16.1. The summed E-state index contributed by atoms with van der Waals surface area (Å²) < 4.78 is 0. The van der Waals surface area contributed by atoms with E-state index < -0.39 is 0 Å². The van der Waals surface area contributed by atoms with Crippen molar-refractivity contribution in [2.24, 2.45) is 0 Å². The minimum atomic E-state index is 0.187. The molecule has 4 heteroatoms. The Labute approximate surface area is 79.9 Å². The van der Waals surface area contributed by atoms with Crippen molar-refractivity contribution in [2.75, 3.05) is 46.8 Å². The molecule has 76 valence electrons. The number of amides is 1. The summed E-state index contributed by atoms with van der Waals surface area (Å²) in [6, 6.07) is 0. The van der Waals surface area contributed by atoms with E-state index in [9.17, 15) is 4.79 Å². The maximum atomic E-state index is 11.0. The fraction of sp³-hybridized carbons (Fsp3) is 0.889. The lowest BCUT2D eigenvalue weighted by atomic mass is 10.4. The van der Waals surface area contributed by atoms with Crippen molar-refractivity contribution in [1.82, 2.24) is 15.1 Å². The van der Waals surface area contributed by atoms with Gasteiger partial charge in [0.2, 0.25) is 5.91 Å². The van der Waals surface area contributed by atoms with E-state index in [0.29, 0.717) is 6.42 Å². The molecule has 0 radical (unpaired) electrons. The Morgan fingerprint density at radius 3 is 2.92 bits per heavy atom. The van der Waals surface area contributed by atoms with Gasteiger partial charge in [0.25, 0.3) is 0 Å². The first-order chi connectivity index (χ1) is 6.18. The van der Waals surface area contributed by atoms with Gasteiger partial charge in [-0.15, -0.1) is 0 Å². The number of hydrogen-bond donors (Lipinski definition) is 1. The molecule has 0 aromatic rings. The van der Waals surface area contributed by atoms with E-state index in [2.05, 4.69) is 29.2 Å². The molecule has 0 aromatic heterocycles. The highest BCUT2D eigenvalue weighted by Crippen LogP contribution is 1.95. The third kappa shape index (κ3) is 4.24. The maximum absolute atomic E-state index is 11.0. The van der Waals surface area contributed by atoms with Crippen molar-refractivity contribution in [1.29, 1.82) is 0 Å². The van der Waals surface area contributed by atoms with Gasteiger partial charge in [-0.2, -0.15) is 0 Å². The number of carbonyl (C=O) groups is 1. The summed E-state index contributed by atoms with van der Waals surface area (Å²) in [7, 11) is 4.14. The zero-order valence-corrected chi connectivity index (χ0v) is 8.55. The molecule has 1 aliphatic heterocycles. The topological polar surface area (TPSA) is 35.6 Å². The van der Waals surface area contributed by atoms with E-state index in [-0.39, 0.29) is 5.91 Å². The van der Waals surface area contributed by atoms with Gasteiger partial charge in [-0.1, -0.05) is 0 Å². The summed E-state index contributed by atoms with van der Waals surface area (Å²) in [6.45, 7) is 4.81. The molecular weight excluding hydrogens is 166 g/mol. The third-order valence-corrected chi connectivity index (χ3v) is 2.27. The second-order valence-electron chi connectivity index (χ2n) is 3.74. The second kappa shape index (κ2) is 5.19. The Balaban J connectivity index is 2.22. The Hall–Kier alpha value is -0.610. The first kappa shape index (κ1) is 10.5. The van der Waals surface area contributed by atoms with E-state index in [4.69, 9.17) is 0 Å². The van der Waals surface area contributed by atoms with Gasteiger partial charge < -0.3 is 10.2 Å². The number of likely N-dealkylation sites (N-methyl/N-ethyl adjacent to an activating group) is 1. The molecule has 1 rings (SSSR count). The van der Waals surface area contributed by atoms with Crippen molar-refractivity contribution in [3.05, 3.63) is 0 Å². The highest BCUT2D eigenvalue weighted by Gasteiger charge is 2.12. The standard InChI is InChI=1S/C9H19N3O/c1-11(2)7-8-12-5-3-9(13)10-4-6-12/h3-8H2,1-2H3,(H,10,13). The van der Waals surface area contributed by atoms with E-state index in [1.807, 2.05) is 0 Å². The number of rotatable bonds is 3. The first-order valence-corrected chi connectivity index (χ1v) is 4.82. The number of nitrogens with zero attached hydrogens (tertiary/aromatic N) is 2. The number of carbonyl (C=O) groups excluding carboxylic acids is 1. The van der Waals surface area contributed by atoms with Crippen LogP contribution < -0.4 is 5.32 Å². The molecule has 1 heterocycles. The normalized spacial score (nSPS) is 20.1. The molecule has 0 bridgehead atoms. The number of hydrogen-bond acceptors (Lipinski definition) is 3. The highest BCUT2D eigenvalue weighted by molar-refractivity contribution is 5.76. The van der Waals surface area contributed by atoms with Crippen molar-refractivity contribution in [3.8, 4) is 0 Å². The summed E-state index contributed by atoms with van der Waals surface area (Å²) in [5, 5.41) is 2.87. The lowest BCUT2D eigenvalue weighted by molar-refractivity contribution is -0.120. The fourth-order valence-corrected chi connectivity index (χ4v) is 1.38. The quantitative estimate of drug-likeness (QED) is 0.636. The molecule has 0 spiro atoms. The van der Waals surface area contributed by atoms with Crippen LogP contribution in [0.4, 0.5) is 0 Å². The van der Waals surface area contributed by atoms with Crippen LogP contribution >= 0.6 is 0 Å². The van der Waals surface area contributed by atoms with E-state index >= 15 is 0 Å². The Bertz CT molecular complexity index is 170. The predicted molar refractivity (Wildman–Crippen MR) is 52.6 cm³/mol. The summed E-state index contributed by atoms with van der Waals surface area (Å²) in [5.41, 5.74) is 0. The van der Waals surface area contributed by atoms with Crippen LogP contribution in [0.5, 0.6) is 0 Å². The van der Waals surface area contributed by atoms with E-state index in [0.717, 1.165) is 32.7 Å². The zero-order valence-electron chi connectivity index (χ0n) is 8.55. The van der Waals surface area contributed by atoms with Gasteiger partial charge in [0.15, 0.2) is 0 Å². The minimum Gasteiger partial charge on any atom is -0.355 e. The van der Waals surface area contributed by atoms with Crippen molar-refractivity contribution >= 4 is 5.91 Å². The van der Waals surface area contributed by atoms with Gasteiger partial charge in [0, 0.05) is 39.1 Å². The molecule has 0 saturated carbocycles. The van der Waals surface area contributed by atoms with Crippen LogP contribution in [0.2, 0.25) is 0 Å². The van der Waals surface area contributed by atoms with Crippen molar-refractivity contribution in [3.63, 3.8) is 0 Å². The van der Waals surface area contributed by atoms with Gasteiger partial charge in [-0.25, -0.2) is 0 Å².